The summed E-state index contributed by atoms with van der Waals surface area (Å²) in [4.78, 5) is 21.5. The Morgan fingerprint density at radius 3 is 2.27 bits per heavy atom. The van der Waals surface area contributed by atoms with Gasteiger partial charge in [-0.25, -0.2) is 10.1 Å². The fraction of sp³-hybridized carbons (Fsp3) is 0.200. The molecule has 80 valence electrons. The fourth-order valence-electron chi connectivity index (χ4n) is 1.16. The molecule has 0 radical (unpaired) electrons. The lowest BCUT2D eigenvalue weighted by atomic mass is 10.1. The van der Waals surface area contributed by atoms with E-state index < -0.39 is 11.5 Å². The summed E-state index contributed by atoms with van der Waals surface area (Å²) >= 11 is 4.97. The van der Waals surface area contributed by atoms with Gasteiger partial charge in [-0.15, -0.1) is 0 Å². The van der Waals surface area contributed by atoms with Crippen molar-refractivity contribution in [2.24, 2.45) is 0 Å². The lowest BCUT2D eigenvalue weighted by molar-refractivity contribution is 0.200. The number of hydrogen-bond donors (Lipinski definition) is 1. The number of amides is 2. The molecule has 0 unspecified atom stereocenters. The summed E-state index contributed by atoms with van der Waals surface area (Å²) in [5.74, 6) is 0.438. The van der Waals surface area contributed by atoms with E-state index in [1.54, 1.807) is 26.0 Å². The Kier molecular flexibility index (Phi) is 3.68. The van der Waals surface area contributed by atoms with Crippen LogP contribution in [0.2, 0.25) is 0 Å². The molecule has 0 aromatic heterocycles. The number of ether oxygens (including phenoxy) is 1. The fourth-order valence-corrected chi connectivity index (χ4v) is 1.24. The molecule has 0 aliphatic heterocycles. The van der Waals surface area contributed by atoms with Crippen LogP contribution in [0.15, 0.2) is 18.2 Å². The number of benzene rings is 1. The minimum absolute atomic E-state index is 0.438. The Labute approximate surface area is 92.2 Å². The zero-order valence-corrected chi connectivity index (χ0v) is 9.09. The molecule has 2 amide bonds. The van der Waals surface area contributed by atoms with Gasteiger partial charge in [0.1, 0.15) is 5.75 Å². The van der Waals surface area contributed by atoms with E-state index in [1.165, 1.54) is 0 Å². The normalized spacial score (nSPS) is 9.53. The second-order valence-corrected chi connectivity index (χ2v) is 3.35. The number of para-hydroxylation sites is 1. The second-order valence-electron chi connectivity index (χ2n) is 3.01. The molecular weight excluding hydrogens is 218 g/mol. The highest BCUT2D eigenvalue weighted by molar-refractivity contribution is 6.64. The van der Waals surface area contributed by atoms with Gasteiger partial charge in [-0.05, 0) is 36.6 Å². The second kappa shape index (κ2) is 4.79. The molecule has 0 saturated carbocycles. The van der Waals surface area contributed by atoms with Gasteiger partial charge in [-0.2, -0.15) is 0 Å². The van der Waals surface area contributed by atoms with E-state index in [0.29, 0.717) is 5.75 Å². The molecule has 0 aliphatic rings. The third-order valence-electron chi connectivity index (χ3n) is 1.80. The Morgan fingerprint density at radius 1 is 1.27 bits per heavy atom. The summed E-state index contributed by atoms with van der Waals surface area (Å²) < 4.78 is 4.93. The van der Waals surface area contributed by atoms with Crippen LogP contribution in [0.1, 0.15) is 11.1 Å². The van der Waals surface area contributed by atoms with Gasteiger partial charge in [0.25, 0.3) is 0 Å². The third kappa shape index (κ3) is 3.25. The van der Waals surface area contributed by atoms with Crippen molar-refractivity contribution >= 4 is 23.1 Å². The first kappa shape index (κ1) is 11.5. The molecular formula is C10H10ClNO3. The van der Waals surface area contributed by atoms with E-state index in [1.807, 2.05) is 11.4 Å². The SMILES string of the molecule is Cc1cccc(C)c1OC(=O)NC(=O)Cl. The number of carbonyl (C=O) groups is 2. The standard InChI is InChI=1S/C10H10ClNO3/c1-6-4-3-5-7(2)8(6)15-10(14)12-9(11)13/h3-5H,1-2H3,(H,12,13,14). The number of halogens is 1. The van der Waals surface area contributed by atoms with Gasteiger partial charge in [0.2, 0.25) is 0 Å². The highest BCUT2D eigenvalue weighted by Crippen LogP contribution is 2.22. The predicted octanol–water partition coefficient (Wildman–Crippen LogP) is 2.75. The van der Waals surface area contributed by atoms with Crippen molar-refractivity contribution in [3.8, 4) is 5.75 Å². The van der Waals surface area contributed by atoms with Gasteiger partial charge in [-0.3, -0.25) is 4.79 Å². The summed E-state index contributed by atoms with van der Waals surface area (Å²) in [6.07, 6.45) is -0.882. The van der Waals surface area contributed by atoms with Gasteiger partial charge < -0.3 is 4.74 Å². The quantitative estimate of drug-likeness (QED) is 0.593. The van der Waals surface area contributed by atoms with Crippen LogP contribution in [0.25, 0.3) is 0 Å². The van der Waals surface area contributed by atoms with E-state index in [0.717, 1.165) is 11.1 Å². The number of hydrogen-bond acceptors (Lipinski definition) is 3. The molecule has 0 fully saturated rings. The molecule has 0 aliphatic carbocycles. The van der Waals surface area contributed by atoms with Crippen LogP contribution in [0.5, 0.6) is 5.75 Å². The van der Waals surface area contributed by atoms with Crippen LogP contribution in [-0.4, -0.2) is 11.5 Å². The maximum Gasteiger partial charge on any atom is 0.420 e. The molecule has 1 aromatic carbocycles. The van der Waals surface area contributed by atoms with E-state index in [4.69, 9.17) is 16.3 Å². The van der Waals surface area contributed by atoms with Gasteiger partial charge in [0.15, 0.2) is 0 Å². The monoisotopic (exact) mass is 227 g/mol. The van der Waals surface area contributed by atoms with Gasteiger partial charge in [-0.1, -0.05) is 18.2 Å². The predicted molar refractivity (Wildman–Crippen MR) is 56.3 cm³/mol. The van der Waals surface area contributed by atoms with Crippen LogP contribution >= 0.6 is 11.6 Å². The average Bonchev–Trinajstić information content (AvgIpc) is 2.10. The summed E-state index contributed by atoms with van der Waals surface area (Å²) in [6, 6.07) is 5.46. The number of aryl methyl sites for hydroxylation is 2. The number of carbonyl (C=O) groups excluding carboxylic acids is 2. The molecule has 0 bridgehead atoms. The molecule has 0 spiro atoms. The Morgan fingerprint density at radius 2 is 1.80 bits per heavy atom. The zero-order chi connectivity index (χ0) is 11.4. The van der Waals surface area contributed by atoms with Crippen molar-refractivity contribution in [3.05, 3.63) is 29.3 Å². The van der Waals surface area contributed by atoms with Crippen molar-refractivity contribution in [1.29, 1.82) is 0 Å². The molecule has 0 atom stereocenters. The van der Waals surface area contributed by atoms with Crippen LogP contribution in [0, 0.1) is 13.8 Å². The number of nitrogens with one attached hydrogen (secondary N) is 1. The summed E-state index contributed by atoms with van der Waals surface area (Å²) in [6.45, 7) is 3.61. The molecule has 5 heteroatoms. The van der Waals surface area contributed by atoms with Gasteiger partial charge in [0, 0.05) is 0 Å². The minimum Gasteiger partial charge on any atom is -0.409 e. The molecule has 1 rings (SSSR count). The molecule has 0 saturated heterocycles. The summed E-state index contributed by atoms with van der Waals surface area (Å²) in [5.41, 5.74) is 1.62. The van der Waals surface area contributed by atoms with Crippen molar-refractivity contribution < 1.29 is 14.3 Å². The molecule has 1 N–H and O–H groups in total. The van der Waals surface area contributed by atoms with Crippen LogP contribution in [0.4, 0.5) is 9.59 Å². The first-order valence-corrected chi connectivity index (χ1v) is 4.63. The Hall–Kier alpha value is -1.55. The number of imide groups is 1. The Bertz CT molecular complexity index is 383. The smallest absolute Gasteiger partial charge is 0.409 e. The van der Waals surface area contributed by atoms with Crippen molar-refractivity contribution in [2.45, 2.75) is 13.8 Å². The van der Waals surface area contributed by atoms with E-state index in [2.05, 4.69) is 0 Å². The van der Waals surface area contributed by atoms with Gasteiger partial charge in [0.05, 0.1) is 0 Å². The largest absolute Gasteiger partial charge is 0.420 e. The maximum absolute atomic E-state index is 11.1. The molecule has 0 heterocycles. The minimum atomic E-state index is -0.966. The van der Waals surface area contributed by atoms with Crippen molar-refractivity contribution in [3.63, 3.8) is 0 Å². The lowest BCUT2D eigenvalue weighted by Crippen LogP contribution is -2.29. The summed E-state index contributed by atoms with van der Waals surface area (Å²) in [7, 11) is 0. The third-order valence-corrected chi connectivity index (χ3v) is 1.90. The molecule has 4 nitrogen and oxygen atoms in total. The lowest BCUT2D eigenvalue weighted by Gasteiger charge is -2.09. The Balaban J connectivity index is 2.80. The first-order chi connectivity index (χ1) is 7.00. The topological polar surface area (TPSA) is 55.4 Å². The first-order valence-electron chi connectivity index (χ1n) is 4.25. The maximum atomic E-state index is 11.1. The van der Waals surface area contributed by atoms with Crippen molar-refractivity contribution in [1.82, 2.24) is 5.32 Å². The van der Waals surface area contributed by atoms with E-state index in [9.17, 15) is 9.59 Å². The van der Waals surface area contributed by atoms with E-state index >= 15 is 0 Å². The van der Waals surface area contributed by atoms with Crippen molar-refractivity contribution in [2.75, 3.05) is 0 Å². The van der Waals surface area contributed by atoms with Crippen LogP contribution in [-0.2, 0) is 0 Å². The highest BCUT2D eigenvalue weighted by Gasteiger charge is 2.10. The van der Waals surface area contributed by atoms with Crippen LogP contribution < -0.4 is 10.1 Å². The van der Waals surface area contributed by atoms with E-state index in [-0.39, 0.29) is 0 Å². The summed E-state index contributed by atoms with van der Waals surface area (Å²) in [5, 5.41) is 0.845. The highest BCUT2D eigenvalue weighted by atomic mass is 35.5. The average molecular weight is 228 g/mol. The molecule has 1 aromatic rings. The number of rotatable bonds is 1. The van der Waals surface area contributed by atoms with Gasteiger partial charge >= 0.3 is 11.5 Å². The molecule has 15 heavy (non-hydrogen) atoms. The van der Waals surface area contributed by atoms with Crippen LogP contribution in [0.3, 0.4) is 0 Å². The zero-order valence-electron chi connectivity index (χ0n) is 8.33.